The van der Waals surface area contributed by atoms with Gasteiger partial charge in [0.25, 0.3) is 0 Å². The van der Waals surface area contributed by atoms with E-state index in [9.17, 15) is 20.1 Å². The standard InChI is InChI=1S/C26H30O5/c1-14(2)6-8-18-16(5)17(10-11-21(18)27)20-13-31-23-12-22(28)19(9-7-15(3)4)25(29)24(23)26(20)30/h6-7,10-12,20,27-29H,8-9,13H2,1-5H3/t20-/m1/s1. The second-order valence-electron chi connectivity index (χ2n) is 8.57. The molecule has 0 saturated heterocycles. The molecule has 2 aromatic carbocycles. The second-order valence-corrected chi connectivity index (χ2v) is 8.57. The lowest BCUT2D eigenvalue weighted by Crippen LogP contribution is -2.27. The number of allylic oxidation sites excluding steroid dienone is 4. The van der Waals surface area contributed by atoms with Gasteiger partial charge in [-0.15, -0.1) is 0 Å². The van der Waals surface area contributed by atoms with Gasteiger partial charge < -0.3 is 20.1 Å². The maximum atomic E-state index is 13.4. The van der Waals surface area contributed by atoms with Crippen molar-refractivity contribution in [1.29, 1.82) is 0 Å². The molecule has 1 heterocycles. The Morgan fingerprint density at radius 1 is 1.00 bits per heavy atom. The number of aromatic hydroxyl groups is 3. The van der Waals surface area contributed by atoms with Crippen molar-refractivity contribution in [3.8, 4) is 23.0 Å². The van der Waals surface area contributed by atoms with Crippen LogP contribution in [0, 0.1) is 6.92 Å². The van der Waals surface area contributed by atoms with E-state index in [-0.39, 0.29) is 41.0 Å². The van der Waals surface area contributed by atoms with Crippen molar-refractivity contribution < 1.29 is 24.9 Å². The lowest BCUT2D eigenvalue weighted by molar-refractivity contribution is 0.0891. The van der Waals surface area contributed by atoms with Crippen molar-refractivity contribution >= 4 is 5.78 Å². The molecule has 0 aromatic heterocycles. The van der Waals surface area contributed by atoms with Gasteiger partial charge in [-0.05, 0) is 64.7 Å². The maximum Gasteiger partial charge on any atom is 0.181 e. The molecule has 3 N–H and O–H groups in total. The summed E-state index contributed by atoms with van der Waals surface area (Å²) in [6, 6.07) is 4.76. The normalized spacial score (nSPS) is 15.1. The average Bonchev–Trinajstić information content (AvgIpc) is 2.68. The summed E-state index contributed by atoms with van der Waals surface area (Å²) in [5.74, 6) is -0.795. The van der Waals surface area contributed by atoms with Crippen molar-refractivity contribution in [3.05, 3.63) is 69.3 Å². The summed E-state index contributed by atoms with van der Waals surface area (Å²) in [6.07, 6.45) is 4.80. The van der Waals surface area contributed by atoms with E-state index in [2.05, 4.69) is 0 Å². The van der Waals surface area contributed by atoms with E-state index in [1.807, 2.05) is 46.8 Å². The van der Waals surface area contributed by atoms with E-state index in [1.54, 1.807) is 12.1 Å². The minimum atomic E-state index is -0.606. The molecule has 31 heavy (non-hydrogen) atoms. The summed E-state index contributed by atoms with van der Waals surface area (Å²) in [5.41, 5.74) is 4.98. The second kappa shape index (κ2) is 8.88. The Labute approximate surface area is 183 Å². The monoisotopic (exact) mass is 422 g/mol. The zero-order chi connectivity index (χ0) is 22.9. The third kappa shape index (κ3) is 4.46. The van der Waals surface area contributed by atoms with E-state index in [0.29, 0.717) is 18.4 Å². The molecular weight excluding hydrogens is 392 g/mol. The van der Waals surface area contributed by atoms with Gasteiger partial charge in [-0.1, -0.05) is 29.4 Å². The van der Waals surface area contributed by atoms with Gasteiger partial charge in [0.15, 0.2) is 5.78 Å². The predicted octanol–water partition coefficient (Wildman–Crippen LogP) is 5.49. The zero-order valence-electron chi connectivity index (χ0n) is 18.7. The molecular formula is C26H30O5. The highest BCUT2D eigenvalue weighted by Crippen LogP contribution is 2.44. The van der Waals surface area contributed by atoms with Crippen LogP contribution in [0.3, 0.4) is 0 Å². The first kappa shape index (κ1) is 22.5. The number of ketones is 1. The number of fused-ring (bicyclic) bond motifs is 1. The molecule has 0 radical (unpaired) electrons. The number of carbonyl (C=O) groups is 1. The smallest absolute Gasteiger partial charge is 0.181 e. The number of hydrogen-bond donors (Lipinski definition) is 3. The van der Waals surface area contributed by atoms with E-state index in [1.165, 1.54) is 6.07 Å². The molecule has 0 fully saturated rings. The van der Waals surface area contributed by atoms with E-state index in [0.717, 1.165) is 27.8 Å². The Morgan fingerprint density at radius 3 is 2.23 bits per heavy atom. The van der Waals surface area contributed by atoms with Crippen LogP contribution in [0.15, 0.2) is 41.5 Å². The van der Waals surface area contributed by atoms with Crippen LogP contribution >= 0.6 is 0 Å². The van der Waals surface area contributed by atoms with Crippen LogP contribution < -0.4 is 4.74 Å². The SMILES string of the molecule is CC(C)=CCc1c(O)ccc([C@H]2COc3cc(O)c(CC=C(C)C)c(O)c3C2=O)c1C. The predicted molar refractivity (Wildman–Crippen MR) is 121 cm³/mol. The largest absolute Gasteiger partial charge is 0.508 e. The first-order chi connectivity index (χ1) is 14.6. The summed E-state index contributed by atoms with van der Waals surface area (Å²) in [6.45, 7) is 9.84. The van der Waals surface area contributed by atoms with Crippen molar-refractivity contribution in [2.75, 3.05) is 6.61 Å². The average molecular weight is 423 g/mol. The molecule has 0 bridgehead atoms. The summed E-state index contributed by atoms with van der Waals surface area (Å²) < 4.78 is 5.80. The lowest BCUT2D eigenvalue weighted by atomic mass is 9.83. The summed E-state index contributed by atoms with van der Waals surface area (Å²) >= 11 is 0. The molecule has 5 heteroatoms. The van der Waals surface area contributed by atoms with Crippen LogP contribution in [0.4, 0.5) is 0 Å². The van der Waals surface area contributed by atoms with Gasteiger partial charge in [0.1, 0.15) is 35.2 Å². The van der Waals surface area contributed by atoms with Crippen LogP contribution in [-0.4, -0.2) is 27.7 Å². The number of Topliss-reactive ketones (excluding diaryl/α,β-unsaturated/α-hetero) is 1. The fourth-order valence-corrected chi connectivity index (χ4v) is 3.89. The maximum absolute atomic E-state index is 13.4. The summed E-state index contributed by atoms with van der Waals surface area (Å²) in [5, 5.41) is 31.5. The van der Waals surface area contributed by atoms with E-state index in [4.69, 9.17) is 4.74 Å². The molecule has 0 amide bonds. The van der Waals surface area contributed by atoms with Crippen LogP contribution in [-0.2, 0) is 12.8 Å². The number of carbonyl (C=O) groups excluding carboxylic acids is 1. The highest BCUT2D eigenvalue weighted by molar-refractivity contribution is 6.07. The number of benzene rings is 2. The Hall–Kier alpha value is -3.21. The van der Waals surface area contributed by atoms with Gasteiger partial charge >= 0.3 is 0 Å². The van der Waals surface area contributed by atoms with E-state index >= 15 is 0 Å². The Morgan fingerprint density at radius 2 is 1.61 bits per heavy atom. The fourth-order valence-electron chi connectivity index (χ4n) is 3.89. The number of hydrogen-bond acceptors (Lipinski definition) is 5. The zero-order valence-corrected chi connectivity index (χ0v) is 18.7. The van der Waals surface area contributed by atoms with Crippen molar-refractivity contribution in [2.45, 2.75) is 53.4 Å². The summed E-state index contributed by atoms with van der Waals surface area (Å²) in [7, 11) is 0. The molecule has 164 valence electrons. The highest BCUT2D eigenvalue weighted by Gasteiger charge is 2.35. The quantitative estimate of drug-likeness (QED) is 0.555. The van der Waals surface area contributed by atoms with Crippen molar-refractivity contribution in [2.24, 2.45) is 0 Å². The van der Waals surface area contributed by atoms with Gasteiger partial charge in [0.2, 0.25) is 0 Å². The molecule has 5 nitrogen and oxygen atoms in total. The van der Waals surface area contributed by atoms with E-state index < -0.39 is 5.92 Å². The number of rotatable bonds is 5. The molecule has 2 aromatic rings. The van der Waals surface area contributed by atoms with Crippen LogP contribution in [0.25, 0.3) is 0 Å². The minimum absolute atomic E-state index is 0.0928. The fraction of sp³-hybridized carbons (Fsp3) is 0.346. The third-order valence-corrected chi connectivity index (χ3v) is 5.73. The Kier molecular flexibility index (Phi) is 6.44. The van der Waals surface area contributed by atoms with Crippen molar-refractivity contribution in [3.63, 3.8) is 0 Å². The third-order valence-electron chi connectivity index (χ3n) is 5.73. The van der Waals surface area contributed by atoms with Gasteiger partial charge in [-0.2, -0.15) is 0 Å². The molecule has 0 spiro atoms. The molecule has 1 aliphatic heterocycles. The van der Waals surface area contributed by atoms with Crippen molar-refractivity contribution in [1.82, 2.24) is 0 Å². The lowest BCUT2D eigenvalue weighted by Gasteiger charge is -2.28. The number of phenols is 3. The van der Waals surface area contributed by atoms with Gasteiger partial charge in [-0.25, -0.2) is 0 Å². The van der Waals surface area contributed by atoms with Crippen LogP contribution in [0.5, 0.6) is 23.0 Å². The number of ether oxygens (including phenoxy) is 1. The van der Waals surface area contributed by atoms with Crippen LogP contribution in [0.2, 0.25) is 0 Å². The number of phenolic OH excluding ortho intramolecular Hbond substituents is 3. The molecule has 0 saturated carbocycles. The van der Waals surface area contributed by atoms with Gasteiger partial charge in [0, 0.05) is 17.2 Å². The minimum Gasteiger partial charge on any atom is -0.508 e. The Balaban J connectivity index is 2.05. The first-order valence-corrected chi connectivity index (χ1v) is 10.4. The molecule has 0 unspecified atom stereocenters. The Bertz CT molecular complexity index is 1080. The first-order valence-electron chi connectivity index (χ1n) is 10.4. The molecule has 3 rings (SSSR count). The van der Waals surface area contributed by atoms with Gasteiger partial charge in [-0.3, -0.25) is 4.79 Å². The highest BCUT2D eigenvalue weighted by atomic mass is 16.5. The molecule has 1 atom stereocenters. The summed E-state index contributed by atoms with van der Waals surface area (Å²) in [4.78, 5) is 13.4. The topological polar surface area (TPSA) is 87.0 Å². The van der Waals surface area contributed by atoms with Crippen LogP contribution in [0.1, 0.15) is 66.2 Å². The molecule has 0 aliphatic carbocycles. The molecule has 1 aliphatic rings. The van der Waals surface area contributed by atoms with Gasteiger partial charge in [0.05, 0.1) is 5.92 Å².